The second kappa shape index (κ2) is 5.27. The average Bonchev–Trinajstić information content (AvgIpc) is 2.28. The van der Waals surface area contributed by atoms with Gasteiger partial charge in [-0.05, 0) is 31.2 Å². The zero-order valence-electron chi connectivity index (χ0n) is 9.32. The van der Waals surface area contributed by atoms with Crippen molar-refractivity contribution in [1.82, 2.24) is 0 Å². The standard InChI is InChI=1S/C11H14N2O3/c1-7(12)10(14)13-9-5-3-8(4-6-9)11(15)16-2/h3-7H,12H2,1-2H3,(H,13,14)/p+1. The Balaban J connectivity index is 2.72. The number of amides is 1. The Bertz CT molecular complexity index is 385. The molecule has 0 spiro atoms. The predicted octanol–water partition coefficient (Wildman–Crippen LogP) is 0.0421. The second-order valence-corrected chi connectivity index (χ2v) is 3.46. The molecular formula is C11H15N2O3+. The van der Waals surface area contributed by atoms with E-state index < -0.39 is 5.97 Å². The lowest BCUT2D eigenvalue weighted by Crippen LogP contribution is -2.64. The topological polar surface area (TPSA) is 83.0 Å². The van der Waals surface area contributed by atoms with Gasteiger partial charge in [0.1, 0.15) is 0 Å². The molecule has 5 heteroatoms. The number of ether oxygens (including phenoxy) is 1. The van der Waals surface area contributed by atoms with Crippen LogP contribution in [0.15, 0.2) is 24.3 Å². The van der Waals surface area contributed by atoms with E-state index >= 15 is 0 Å². The van der Waals surface area contributed by atoms with Crippen molar-refractivity contribution in [2.24, 2.45) is 0 Å². The molecule has 0 aliphatic carbocycles. The molecule has 1 amide bonds. The van der Waals surface area contributed by atoms with Crippen LogP contribution in [0.25, 0.3) is 0 Å². The van der Waals surface area contributed by atoms with Gasteiger partial charge in [0, 0.05) is 5.69 Å². The van der Waals surface area contributed by atoms with E-state index in [0.717, 1.165) is 0 Å². The summed E-state index contributed by atoms with van der Waals surface area (Å²) in [6.45, 7) is 1.71. The SMILES string of the molecule is COC(=O)c1ccc(NC(=O)C(C)[NH3+])cc1. The summed E-state index contributed by atoms with van der Waals surface area (Å²) >= 11 is 0. The highest BCUT2D eigenvalue weighted by Crippen LogP contribution is 2.10. The van der Waals surface area contributed by atoms with Crippen LogP contribution in [0.5, 0.6) is 0 Å². The quantitative estimate of drug-likeness (QED) is 0.710. The maximum Gasteiger partial charge on any atom is 0.337 e. The Morgan fingerprint density at radius 1 is 1.31 bits per heavy atom. The maximum atomic E-state index is 11.3. The Kier molecular flexibility index (Phi) is 4.02. The molecule has 1 rings (SSSR count). The fourth-order valence-electron chi connectivity index (χ4n) is 1.07. The Morgan fingerprint density at radius 2 is 1.88 bits per heavy atom. The van der Waals surface area contributed by atoms with Crippen molar-refractivity contribution >= 4 is 17.6 Å². The van der Waals surface area contributed by atoms with Crippen molar-refractivity contribution in [3.05, 3.63) is 29.8 Å². The molecule has 0 aliphatic rings. The first-order valence-electron chi connectivity index (χ1n) is 4.87. The molecule has 16 heavy (non-hydrogen) atoms. The first-order chi connectivity index (χ1) is 7.54. The molecule has 0 fully saturated rings. The molecule has 0 aromatic heterocycles. The molecule has 5 nitrogen and oxygen atoms in total. The molecular weight excluding hydrogens is 208 g/mol. The Hall–Kier alpha value is -1.88. The summed E-state index contributed by atoms with van der Waals surface area (Å²) in [6, 6.07) is 6.16. The smallest absolute Gasteiger partial charge is 0.337 e. The molecule has 1 aromatic rings. The number of benzene rings is 1. The highest BCUT2D eigenvalue weighted by molar-refractivity contribution is 5.94. The largest absolute Gasteiger partial charge is 0.465 e. The Labute approximate surface area is 93.6 Å². The summed E-state index contributed by atoms with van der Waals surface area (Å²) in [5.41, 5.74) is 4.69. The molecule has 0 radical (unpaired) electrons. The molecule has 86 valence electrons. The van der Waals surface area contributed by atoms with E-state index in [-0.39, 0.29) is 11.9 Å². The third-order valence-electron chi connectivity index (χ3n) is 2.02. The number of quaternary nitrogens is 1. The maximum absolute atomic E-state index is 11.3. The minimum Gasteiger partial charge on any atom is -0.465 e. The van der Waals surface area contributed by atoms with E-state index in [0.29, 0.717) is 11.3 Å². The highest BCUT2D eigenvalue weighted by atomic mass is 16.5. The number of rotatable bonds is 3. The monoisotopic (exact) mass is 223 g/mol. The summed E-state index contributed by atoms with van der Waals surface area (Å²) in [5, 5.41) is 2.67. The molecule has 0 saturated heterocycles. The zero-order chi connectivity index (χ0) is 12.1. The van der Waals surface area contributed by atoms with Crippen LogP contribution in [-0.2, 0) is 9.53 Å². The fourth-order valence-corrected chi connectivity index (χ4v) is 1.07. The van der Waals surface area contributed by atoms with Crippen molar-refractivity contribution in [2.45, 2.75) is 13.0 Å². The minimum absolute atomic E-state index is 0.161. The number of anilines is 1. The van der Waals surface area contributed by atoms with Gasteiger partial charge in [-0.2, -0.15) is 0 Å². The van der Waals surface area contributed by atoms with Crippen molar-refractivity contribution in [2.75, 3.05) is 12.4 Å². The van der Waals surface area contributed by atoms with Gasteiger partial charge in [0.15, 0.2) is 6.04 Å². The highest BCUT2D eigenvalue weighted by Gasteiger charge is 2.11. The van der Waals surface area contributed by atoms with E-state index in [4.69, 9.17) is 0 Å². The summed E-state index contributed by atoms with van der Waals surface area (Å²) in [5.74, 6) is -0.561. The van der Waals surface area contributed by atoms with Crippen LogP contribution in [0.4, 0.5) is 5.69 Å². The van der Waals surface area contributed by atoms with Gasteiger partial charge in [-0.3, -0.25) is 4.79 Å². The summed E-state index contributed by atoms with van der Waals surface area (Å²) in [7, 11) is 1.32. The first-order valence-corrected chi connectivity index (χ1v) is 4.87. The van der Waals surface area contributed by atoms with Gasteiger partial charge in [0.2, 0.25) is 0 Å². The molecule has 0 saturated carbocycles. The molecule has 4 N–H and O–H groups in total. The Morgan fingerprint density at radius 3 is 2.31 bits per heavy atom. The number of esters is 1. The van der Waals surface area contributed by atoms with E-state index in [1.165, 1.54) is 7.11 Å². The minimum atomic E-state index is -0.400. The average molecular weight is 223 g/mol. The lowest BCUT2D eigenvalue weighted by atomic mass is 10.2. The van der Waals surface area contributed by atoms with E-state index in [9.17, 15) is 9.59 Å². The molecule has 0 heterocycles. The second-order valence-electron chi connectivity index (χ2n) is 3.46. The number of hydrogen-bond donors (Lipinski definition) is 2. The third kappa shape index (κ3) is 3.06. The third-order valence-corrected chi connectivity index (χ3v) is 2.02. The van der Waals surface area contributed by atoms with Crippen LogP contribution in [0, 0.1) is 0 Å². The normalized spacial score (nSPS) is 11.7. The van der Waals surface area contributed by atoms with Crippen LogP contribution in [-0.4, -0.2) is 25.0 Å². The molecule has 0 aliphatic heterocycles. The summed E-state index contributed by atoms with van der Waals surface area (Å²) < 4.78 is 4.56. The predicted molar refractivity (Wildman–Crippen MR) is 58.8 cm³/mol. The molecule has 0 bridgehead atoms. The number of carbonyl (C=O) groups is 2. The van der Waals surface area contributed by atoms with Gasteiger partial charge in [0.05, 0.1) is 12.7 Å². The van der Waals surface area contributed by atoms with Crippen LogP contribution in [0.1, 0.15) is 17.3 Å². The van der Waals surface area contributed by atoms with E-state index in [1.807, 2.05) is 0 Å². The lowest BCUT2D eigenvalue weighted by Gasteiger charge is -2.06. The fraction of sp³-hybridized carbons (Fsp3) is 0.273. The number of hydrogen-bond acceptors (Lipinski definition) is 3. The van der Waals surface area contributed by atoms with Crippen molar-refractivity contribution < 1.29 is 20.1 Å². The summed E-state index contributed by atoms with van der Waals surface area (Å²) in [6.07, 6.45) is 0. The van der Waals surface area contributed by atoms with E-state index in [2.05, 4.69) is 15.8 Å². The lowest BCUT2D eigenvalue weighted by molar-refractivity contribution is -0.396. The van der Waals surface area contributed by atoms with Crippen LogP contribution in [0.2, 0.25) is 0 Å². The van der Waals surface area contributed by atoms with Gasteiger partial charge < -0.3 is 15.8 Å². The van der Waals surface area contributed by atoms with Gasteiger partial charge in [-0.15, -0.1) is 0 Å². The molecule has 1 aromatic carbocycles. The number of nitrogens with one attached hydrogen (secondary N) is 1. The zero-order valence-corrected chi connectivity index (χ0v) is 9.32. The molecule has 1 unspecified atom stereocenters. The van der Waals surface area contributed by atoms with Gasteiger partial charge in [0.25, 0.3) is 5.91 Å². The van der Waals surface area contributed by atoms with Crippen molar-refractivity contribution in [3.63, 3.8) is 0 Å². The van der Waals surface area contributed by atoms with Crippen LogP contribution >= 0.6 is 0 Å². The van der Waals surface area contributed by atoms with Crippen LogP contribution < -0.4 is 11.1 Å². The van der Waals surface area contributed by atoms with E-state index in [1.54, 1.807) is 31.2 Å². The number of methoxy groups -OCH3 is 1. The number of carbonyl (C=O) groups excluding carboxylic acids is 2. The van der Waals surface area contributed by atoms with Gasteiger partial charge >= 0.3 is 5.97 Å². The summed E-state index contributed by atoms with van der Waals surface area (Å²) in [4.78, 5) is 22.5. The van der Waals surface area contributed by atoms with Crippen LogP contribution in [0.3, 0.4) is 0 Å². The van der Waals surface area contributed by atoms with Crippen molar-refractivity contribution in [3.8, 4) is 0 Å². The van der Waals surface area contributed by atoms with Gasteiger partial charge in [-0.1, -0.05) is 0 Å². The molecule has 1 atom stereocenters. The van der Waals surface area contributed by atoms with Gasteiger partial charge in [-0.25, -0.2) is 4.79 Å². The van der Waals surface area contributed by atoms with Crippen molar-refractivity contribution in [1.29, 1.82) is 0 Å². The first kappa shape index (κ1) is 12.2.